The Hall–Kier alpha value is -2.70. The number of hydrogen-bond acceptors (Lipinski definition) is 6. The Kier molecular flexibility index (Phi) is 6.27. The van der Waals surface area contributed by atoms with E-state index in [9.17, 15) is 5.26 Å². The van der Waals surface area contributed by atoms with E-state index in [1.54, 1.807) is 6.92 Å². The van der Waals surface area contributed by atoms with Gasteiger partial charge in [-0.2, -0.15) is 10.5 Å². The predicted molar refractivity (Wildman–Crippen MR) is 102 cm³/mol. The number of rotatable bonds is 6. The molecule has 0 spiro atoms. The summed E-state index contributed by atoms with van der Waals surface area (Å²) >= 11 is 1.20. The third kappa shape index (κ3) is 4.04. The highest BCUT2D eigenvalue weighted by atomic mass is 32.1. The number of aryl methyl sites for hydroxylation is 1. The topological polar surface area (TPSA) is 75.5 Å². The Morgan fingerprint density at radius 3 is 2.44 bits per heavy atom. The quantitative estimate of drug-likeness (QED) is 0.621. The predicted octanol–water partition coefficient (Wildman–Crippen LogP) is 5.76. The van der Waals surface area contributed by atoms with Crippen molar-refractivity contribution < 1.29 is 0 Å². The molecule has 6 heteroatoms. The molecule has 2 rings (SSSR count). The van der Waals surface area contributed by atoms with E-state index in [-0.39, 0.29) is 0 Å². The Balaban J connectivity index is 2.31. The van der Waals surface area contributed by atoms with Crippen LogP contribution in [-0.4, -0.2) is 13.1 Å². The summed E-state index contributed by atoms with van der Waals surface area (Å²) in [6.07, 6.45) is 1.10. The van der Waals surface area contributed by atoms with Crippen LogP contribution in [0, 0.1) is 36.5 Å². The maximum Gasteiger partial charge on any atom is 0.158 e. The molecule has 0 aliphatic carbocycles. The SMILES string of the molecule is CCCN(CC)c1ccc(N=Nc2sc(C#N)c(C)c2C#N)c(C)c1. The Morgan fingerprint density at radius 1 is 1.12 bits per heavy atom. The van der Waals surface area contributed by atoms with Gasteiger partial charge >= 0.3 is 0 Å². The van der Waals surface area contributed by atoms with Crippen LogP contribution >= 0.6 is 11.3 Å². The molecule has 0 unspecified atom stereocenters. The van der Waals surface area contributed by atoms with Gasteiger partial charge < -0.3 is 4.90 Å². The number of thiophene rings is 1. The van der Waals surface area contributed by atoms with Crippen LogP contribution < -0.4 is 4.90 Å². The minimum Gasteiger partial charge on any atom is -0.372 e. The van der Waals surface area contributed by atoms with E-state index in [4.69, 9.17) is 5.26 Å². The van der Waals surface area contributed by atoms with Crippen molar-refractivity contribution in [1.29, 1.82) is 10.5 Å². The average molecular weight is 351 g/mol. The highest BCUT2D eigenvalue weighted by Crippen LogP contribution is 2.36. The minimum absolute atomic E-state index is 0.430. The fraction of sp³-hybridized carbons (Fsp3) is 0.368. The van der Waals surface area contributed by atoms with Crippen molar-refractivity contribution >= 4 is 27.7 Å². The van der Waals surface area contributed by atoms with E-state index in [0.717, 1.165) is 30.8 Å². The lowest BCUT2D eigenvalue weighted by atomic mass is 10.1. The first-order valence-electron chi connectivity index (χ1n) is 8.26. The van der Waals surface area contributed by atoms with E-state index < -0.39 is 0 Å². The molecule has 2 aromatic rings. The van der Waals surface area contributed by atoms with Crippen molar-refractivity contribution in [3.8, 4) is 12.1 Å². The normalized spacial score (nSPS) is 10.6. The molecule has 0 amide bonds. The van der Waals surface area contributed by atoms with Crippen LogP contribution in [0.4, 0.5) is 16.4 Å². The molecule has 0 bridgehead atoms. The third-order valence-corrected chi connectivity index (χ3v) is 5.09. The molecule has 0 fully saturated rings. The van der Waals surface area contributed by atoms with Crippen LogP contribution in [0.5, 0.6) is 0 Å². The second kappa shape index (κ2) is 8.41. The van der Waals surface area contributed by atoms with Crippen molar-refractivity contribution in [2.45, 2.75) is 34.1 Å². The molecule has 0 aliphatic rings. The monoisotopic (exact) mass is 351 g/mol. The van der Waals surface area contributed by atoms with Crippen molar-refractivity contribution in [3.05, 3.63) is 39.8 Å². The van der Waals surface area contributed by atoms with Gasteiger partial charge in [-0.15, -0.1) is 21.6 Å². The number of benzene rings is 1. The Morgan fingerprint density at radius 2 is 1.88 bits per heavy atom. The van der Waals surface area contributed by atoms with Crippen molar-refractivity contribution in [1.82, 2.24) is 0 Å². The van der Waals surface area contributed by atoms with E-state index in [2.05, 4.69) is 47.2 Å². The number of azo groups is 1. The first kappa shape index (κ1) is 18.6. The fourth-order valence-corrected chi connectivity index (χ4v) is 3.47. The Labute approximate surface area is 152 Å². The Bertz CT molecular complexity index is 867. The van der Waals surface area contributed by atoms with Crippen LogP contribution in [-0.2, 0) is 0 Å². The highest BCUT2D eigenvalue weighted by molar-refractivity contribution is 7.16. The van der Waals surface area contributed by atoms with E-state index in [1.807, 2.05) is 19.1 Å². The zero-order chi connectivity index (χ0) is 18.4. The number of nitrogens with zero attached hydrogens (tertiary/aromatic N) is 5. The molecule has 1 aromatic carbocycles. The van der Waals surface area contributed by atoms with Gasteiger partial charge in [0.05, 0.1) is 11.3 Å². The molecule has 0 radical (unpaired) electrons. The van der Waals surface area contributed by atoms with Gasteiger partial charge in [-0.05, 0) is 56.5 Å². The molecule has 5 nitrogen and oxygen atoms in total. The second-order valence-electron chi connectivity index (χ2n) is 5.71. The van der Waals surface area contributed by atoms with Crippen LogP contribution in [0.25, 0.3) is 0 Å². The molecule has 0 saturated heterocycles. The molecule has 1 aromatic heterocycles. The molecular formula is C19H21N5S. The minimum atomic E-state index is 0.430. The van der Waals surface area contributed by atoms with Crippen LogP contribution in [0.15, 0.2) is 28.4 Å². The molecule has 0 saturated carbocycles. The zero-order valence-corrected chi connectivity index (χ0v) is 15.8. The summed E-state index contributed by atoms with van der Waals surface area (Å²) in [5.41, 5.74) is 4.08. The van der Waals surface area contributed by atoms with Crippen molar-refractivity contribution in [2.75, 3.05) is 18.0 Å². The lowest BCUT2D eigenvalue weighted by Crippen LogP contribution is -2.23. The smallest absolute Gasteiger partial charge is 0.158 e. The van der Waals surface area contributed by atoms with Crippen LogP contribution in [0.1, 0.15) is 41.8 Å². The van der Waals surface area contributed by atoms with Gasteiger partial charge in [-0.3, -0.25) is 0 Å². The summed E-state index contributed by atoms with van der Waals surface area (Å²) in [7, 11) is 0. The maximum absolute atomic E-state index is 9.28. The molecule has 1 heterocycles. The van der Waals surface area contributed by atoms with Gasteiger partial charge in [0.25, 0.3) is 0 Å². The lowest BCUT2D eigenvalue weighted by molar-refractivity contribution is 0.791. The second-order valence-corrected chi connectivity index (χ2v) is 6.71. The first-order chi connectivity index (χ1) is 12.0. The first-order valence-corrected chi connectivity index (χ1v) is 9.08. The lowest BCUT2D eigenvalue weighted by Gasteiger charge is -2.23. The molecule has 0 atom stereocenters. The van der Waals surface area contributed by atoms with Gasteiger partial charge in [-0.1, -0.05) is 6.92 Å². The molecule has 0 N–H and O–H groups in total. The fourth-order valence-electron chi connectivity index (χ4n) is 2.59. The average Bonchev–Trinajstić information content (AvgIpc) is 2.93. The van der Waals surface area contributed by atoms with Crippen LogP contribution in [0.3, 0.4) is 0 Å². The summed E-state index contributed by atoms with van der Waals surface area (Å²) in [6.45, 7) is 10.1. The molecule has 128 valence electrons. The van der Waals surface area contributed by atoms with E-state index in [0.29, 0.717) is 21.0 Å². The largest absolute Gasteiger partial charge is 0.372 e. The molecule has 0 aliphatic heterocycles. The summed E-state index contributed by atoms with van der Waals surface area (Å²) in [5, 5.41) is 27.4. The third-order valence-electron chi connectivity index (χ3n) is 4.01. The standard InChI is InChI=1S/C19H21N5S/c1-5-9-24(6-2)15-7-8-17(13(3)10-15)22-23-19-16(11-20)14(4)18(12-21)25-19/h7-8,10H,5-6,9H2,1-4H3. The van der Waals surface area contributed by atoms with E-state index in [1.165, 1.54) is 17.0 Å². The summed E-state index contributed by atoms with van der Waals surface area (Å²) in [6, 6.07) is 10.3. The summed E-state index contributed by atoms with van der Waals surface area (Å²) in [4.78, 5) is 2.83. The van der Waals surface area contributed by atoms with Crippen molar-refractivity contribution in [2.24, 2.45) is 10.2 Å². The summed E-state index contributed by atoms with van der Waals surface area (Å²) in [5.74, 6) is 0. The van der Waals surface area contributed by atoms with Gasteiger partial charge in [-0.25, -0.2) is 0 Å². The molecule has 25 heavy (non-hydrogen) atoms. The van der Waals surface area contributed by atoms with E-state index >= 15 is 0 Å². The van der Waals surface area contributed by atoms with Crippen LogP contribution in [0.2, 0.25) is 0 Å². The maximum atomic E-state index is 9.28. The zero-order valence-electron chi connectivity index (χ0n) is 15.0. The van der Waals surface area contributed by atoms with Gasteiger partial charge in [0.2, 0.25) is 0 Å². The number of hydrogen-bond donors (Lipinski definition) is 0. The van der Waals surface area contributed by atoms with Gasteiger partial charge in [0.15, 0.2) is 5.00 Å². The highest BCUT2D eigenvalue weighted by Gasteiger charge is 2.14. The van der Waals surface area contributed by atoms with Gasteiger partial charge in [0.1, 0.15) is 17.0 Å². The van der Waals surface area contributed by atoms with Gasteiger partial charge in [0, 0.05) is 18.8 Å². The summed E-state index contributed by atoms with van der Waals surface area (Å²) < 4.78 is 0. The number of nitriles is 2. The number of anilines is 1. The molecular weight excluding hydrogens is 330 g/mol. The van der Waals surface area contributed by atoms with Crippen molar-refractivity contribution in [3.63, 3.8) is 0 Å².